The Hall–Kier alpha value is -3.87. The number of hydrogen-bond acceptors (Lipinski definition) is 5. The molecule has 0 radical (unpaired) electrons. The lowest BCUT2D eigenvalue weighted by Gasteiger charge is -2.33. The van der Waals surface area contributed by atoms with Crippen LogP contribution in [-0.2, 0) is 17.8 Å². The summed E-state index contributed by atoms with van der Waals surface area (Å²) in [6.45, 7) is 7.68. The number of carboxylic acids is 1. The zero-order valence-corrected chi connectivity index (χ0v) is 19.2. The number of anilines is 2. The summed E-state index contributed by atoms with van der Waals surface area (Å²) in [7, 11) is 1.57. The topological polar surface area (TPSA) is 80.5 Å². The van der Waals surface area contributed by atoms with Gasteiger partial charge in [-0.3, -0.25) is 9.78 Å². The summed E-state index contributed by atoms with van der Waals surface area (Å²) in [5.41, 5.74) is 8.21. The SMILES string of the molecule is COc1cncc(N2CCn3c(C)cc4c(-c5ccc(C)cc5)c(CC(=O)O)c(C)c2c43)n1. The Labute approximate surface area is 192 Å². The summed E-state index contributed by atoms with van der Waals surface area (Å²) in [5.74, 6) is 0.284. The van der Waals surface area contributed by atoms with Crippen LogP contribution in [0.25, 0.3) is 22.0 Å². The van der Waals surface area contributed by atoms with E-state index in [4.69, 9.17) is 4.74 Å². The molecule has 2 aromatic heterocycles. The zero-order chi connectivity index (χ0) is 23.3. The van der Waals surface area contributed by atoms with Gasteiger partial charge >= 0.3 is 5.97 Å². The number of rotatable bonds is 5. The number of benzene rings is 2. The van der Waals surface area contributed by atoms with Gasteiger partial charge < -0.3 is 19.3 Å². The van der Waals surface area contributed by atoms with Gasteiger partial charge in [-0.1, -0.05) is 29.8 Å². The summed E-state index contributed by atoms with van der Waals surface area (Å²) < 4.78 is 7.63. The fourth-order valence-electron chi connectivity index (χ4n) is 4.94. The van der Waals surface area contributed by atoms with Crippen LogP contribution in [-0.4, -0.2) is 39.3 Å². The molecule has 0 spiro atoms. The molecular formula is C26H26N4O3. The Kier molecular flexibility index (Phi) is 5.04. The molecule has 0 aliphatic carbocycles. The lowest BCUT2D eigenvalue weighted by molar-refractivity contribution is -0.136. The Morgan fingerprint density at radius 2 is 1.88 bits per heavy atom. The number of ether oxygens (including phenoxy) is 1. The van der Waals surface area contributed by atoms with Crippen molar-refractivity contribution in [1.82, 2.24) is 14.5 Å². The maximum atomic E-state index is 12.0. The van der Waals surface area contributed by atoms with Gasteiger partial charge in [0.1, 0.15) is 0 Å². The monoisotopic (exact) mass is 442 g/mol. The highest BCUT2D eigenvalue weighted by Gasteiger charge is 2.30. The van der Waals surface area contributed by atoms with E-state index in [1.165, 1.54) is 5.56 Å². The average molecular weight is 443 g/mol. The van der Waals surface area contributed by atoms with Crippen molar-refractivity contribution in [3.8, 4) is 17.0 Å². The highest BCUT2D eigenvalue weighted by molar-refractivity contribution is 6.08. The van der Waals surface area contributed by atoms with Crippen molar-refractivity contribution in [1.29, 1.82) is 0 Å². The first-order chi connectivity index (χ1) is 15.9. The molecule has 1 aliphatic heterocycles. The molecule has 0 fully saturated rings. The molecule has 1 aliphatic rings. The van der Waals surface area contributed by atoms with E-state index in [2.05, 4.69) is 63.6 Å². The smallest absolute Gasteiger partial charge is 0.307 e. The largest absolute Gasteiger partial charge is 0.481 e. The first-order valence-corrected chi connectivity index (χ1v) is 11.0. The summed E-state index contributed by atoms with van der Waals surface area (Å²) in [5, 5.41) is 10.9. The third-order valence-corrected chi connectivity index (χ3v) is 6.48. The lowest BCUT2D eigenvalue weighted by Crippen LogP contribution is -2.30. The molecule has 0 unspecified atom stereocenters. The van der Waals surface area contributed by atoms with Crippen LogP contribution in [0.2, 0.25) is 0 Å². The third-order valence-electron chi connectivity index (χ3n) is 6.48. The highest BCUT2D eigenvalue weighted by Crippen LogP contribution is 2.46. The van der Waals surface area contributed by atoms with Crippen LogP contribution in [0.15, 0.2) is 42.7 Å². The maximum absolute atomic E-state index is 12.0. The van der Waals surface area contributed by atoms with Gasteiger partial charge in [0.05, 0.1) is 37.1 Å². The van der Waals surface area contributed by atoms with E-state index in [-0.39, 0.29) is 6.42 Å². The fraction of sp³-hybridized carbons (Fsp3) is 0.269. The molecule has 7 heteroatoms. The second-order valence-electron chi connectivity index (χ2n) is 8.53. The van der Waals surface area contributed by atoms with Crippen LogP contribution in [0.5, 0.6) is 5.88 Å². The molecule has 3 heterocycles. The number of methoxy groups -OCH3 is 1. The maximum Gasteiger partial charge on any atom is 0.307 e. The fourth-order valence-corrected chi connectivity index (χ4v) is 4.94. The normalized spacial score (nSPS) is 12.9. The lowest BCUT2D eigenvalue weighted by atomic mass is 9.88. The second kappa shape index (κ2) is 7.92. The van der Waals surface area contributed by atoms with Crippen LogP contribution in [0.3, 0.4) is 0 Å². The van der Waals surface area contributed by atoms with Gasteiger partial charge in [-0.25, -0.2) is 0 Å². The zero-order valence-electron chi connectivity index (χ0n) is 19.2. The number of aromatic nitrogens is 3. The van der Waals surface area contributed by atoms with Gasteiger partial charge in [-0.2, -0.15) is 4.98 Å². The predicted octanol–water partition coefficient (Wildman–Crippen LogP) is 4.81. The molecule has 0 amide bonds. The van der Waals surface area contributed by atoms with E-state index in [1.54, 1.807) is 19.5 Å². The Bertz CT molecular complexity index is 1390. The summed E-state index contributed by atoms with van der Waals surface area (Å²) in [4.78, 5) is 23.0. The Morgan fingerprint density at radius 3 is 2.58 bits per heavy atom. The van der Waals surface area contributed by atoms with E-state index in [1.807, 2.05) is 6.92 Å². The van der Waals surface area contributed by atoms with Crippen molar-refractivity contribution in [2.24, 2.45) is 0 Å². The van der Waals surface area contributed by atoms with Crippen molar-refractivity contribution < 1.29 is 14.6 Å². The highest BCUT2D eigenvalue weighted by atomic mass is 16.5. The van der Waals surface area contributed by atoms with Crippen LogP contribution >= 0.6 is 0 Å². The number of aryl methyl sites for hydroxylation is 2. The predicted molar refractivity (Wildman–Crippen MR) is 129 cm³/mol. The van der Waals surface area contributed by atoms with Gasteiger partial charge in [0.15, 0.2) is 5.82 Å². The number of carboxylic acid groups (broad SMARTS) is 1. The van der Waals surface area contributed by atoms with Gasteiger partial charge in [0, 0.05) is 24.2 Å². The first kappa shape index (κ1) is 21.0. The van der Waals surface area contributed by atoms with Gasteiger partial charge in [-0.05, 0) is 49.1 Å². The van der Waals surface area contributed by atoms with Gasteiger partial charge in [0.25, 0.3) is 0 Å². The minimum absolute atomic E-state index is 0.0557. The molecule has 7 nitrogen and oxygen atoms in total. The molecule has 0 bridgehead atoms. The van der Waals surface area contributed by atoms with Crippen LogP contribution < -0.4 is 9.64 Å². The summed E-state index contributed by atoms with van der Waals surface area (Å²) >= 11 is 0. The molecule has 0 saturated heterocycles. The van der Waals surface area contributed by atoms with Crippen LogP contribution in [0.1, 0.15) is 22.4 Å². The van der Waals surface area contributed by atoms with Crippen LogP contribution in [0.4, 0.5) is 11.5 Å². The van der Waals surface area contributed by atoms with Crippen molar-refractivity contribution in [2.45, 2.75) is 33.7 Å². The molecule has 1 N–H and O–H groups in total. The minimum atomic E-state index is -0.849. The molecule has 33 heavy (non-hydrogen) atoms. The third kappa shape index (κ3) is 3.40. The molecule has 0 saturated carbocycles. The Balaban J connectivity index is 1.85. The van der Waals surface area contributed by atoms with Crippen molar-refractivity contribution in [3.05, 3.63) is 65.1 Å². The molecule has 168 valence electrons. The van der Waals surface area contributed by atoms with Gasteiger partial charge in [0.2, 0.25) is 5.88 Å². The summed E-state index contributed by atoms with van der Waals surface area (Å²) in [6.07, 6.45) is 3.25. The number of carbonyl (C=O) groups is 1. The van der Waals surface area contributed by atoms with E-state index in [0.29, 0.717) is 18.2 Å². The second-order valence-corrected chi connectivity index (χ2v) is 8.53. The molecule has 0 atom stereocenters. The molecule has 2 aromatic carbocycles. The van der Waals surface area contributed by atoms with E-state index >= 15 is 0 Å². The molecular weight excluding hydrogens is 416 g/mol. The number of aliphatic carboxylic acids is 1. The number of nitrogens with zero attached hydrogens (tertiary/aromatic N) is 4. The summed E-state index contributed by atoms with van der Waals surface area (Å²) in [6, 6.07) is 10.5. The average Bonchev–Trinajstić information content (AvgIpc) is 3.14. The van der Waals surface area contributed by atoms with Gasteiger partial charge in [-0.15, -0.1) is 0 Å². The van der Waals surface area contributed by atoms with Crippen molar-refractivity contribution in [2.75, 3.05) is 18.6 Å². The van der Waals surface area contributed by atoms with Crippen molar-refractivity contribution in [3.63, 3.8) is 0 Å². The number of hydrogen-bond donors (Lipinski definition) is 1. The van der Waals surface area contributed by atoms with Crippen molar-refractivity contribution >= 4 is 28.4 Å². The standard InChI is InChI=1S/C26H26N4O3/c1-15-5-7-18(8-6-15)24-19(12-23(31)32)17(3)25-26-20(24)11-16(2)29(26)9-10-30(25)21-13-27-14-22(28-21)33-4/h5-8,11,13-14H,9-10,12H2,1-4H3,(H,31,32). The van der Waals surface area contributed by atoms with E-state index in [0.717, 1.165) is 51.1 Å². The minimum Gasteiger partial charge on any atom is -0.481 e. The van der Waals surface area contributed by atoms with E-state index < -0.39 is 5.97 Å². The molecule has 5 rings (SSSR count). The van der Waals surface area contributed by atoms with E-state index in [9.17, 15) is 9.90 Å². The quantitative estimate of drug-likeness (QED) is 0.478. The molecule has 4 aromatic rings. The Morgan fingerprint density at radius 1 is 1.12 bits per heavy atom. The van der Waals surface area contributed by atoms with Crippen LogP contribution in [0, 0.1) is 20.8 Å². The first-order valence-electron chi connectivity index (χ1n) is 11.0.